The van der Waals surface area contributed by atoms with E-state index in [1.54, 1.807) is 7.11 Å². The number of benzene rings is 1. The molecule has 0 radical (unpaired) electrons. The summed E-state index contributed by atoms with van der Waals surface area (Å²) in [4.78, 5) is 14.1. The van der Waals surface area contributed by atoms with Crippen LogP contribution in [0.25, 0.3) is 0 Å². The van der Waals surface area contributed by atoms with Crippen LogP contribution in [0.15, 0.2) is 24.3 Å². The Bertz CT molecular complexity index is 448. The molecular formula is C16H24N2O2. The third kappa shape index (κ3) is 3.97. The number of piperidine rings is 1. The van der Waals surface area contributed by atoms with Crippen LogP contribution in [0.3, 0.4) is 0 Å². The van der Waals surface area contributed by atoms with Crippen LogP contribution in [0.5, 0.6) is 0 Å². The number of likely N-dealkylation sites (tertiary alicyclic amines) is 1. The largest absolute Gasteiger partial charge is 0.380 e. The van der Waals surface area contributed by atoms with Crippen molar-refractivity contribution in [1.82, 2.24) is 10.2 Å². The van der Waals surface area contributed by atoms with Crippen LogP contribution in [0, 0.1) is 5.92 Å². The summed E-state index contributed by atoms with van der Waals surface area (Å²) in [6, 6.07) is 8.10. The number of urea groups is 1. The Hall–Kier alpha value is -1.55. The fourth-order valence-electron chi connectivity index (χ4n) is 2.68. The van der Waals surface area contributed by atoms with Crippen molar-refractivity contribution in [2.75, 3.05) is 20.2 Å². The molecule has 20 heavy (non-hydrogen) atoms. The summed E-state index contributed by atoms with van der Waals surface area (Å²) in [7, 11) is 1.69. The number of hydrogen-bond donors (Lipinski definition) is 1. The monoisotopic (exact) mass is 276 g/mol. The average molecular weight is 276 g/mol. The SMILES string of the molecule is COCc1ccccc1CNC(=O)N1CCC[C@H](C)C1. The fourth-order valence-corrected chi connectivity index (χ4v) is 2.68. The number of amides is 2. The molecule has 1 aliphatic heterocycles. The van der Waals surface area contributed by atoms with E-state index >= 15 is 0 Å². The van der Waals surface area contributed by atoms with Crippen molar-refractivity contribution in [3.63, 3.8) is 0 Å². The van der Waals surface area contributed by atoms with Crippen LogP contribution in [0.1, 0.15) is 30.9 Å². The fraction of sp³-hybridized carbons (Fsp3) is 0.562. The zero-order valence-corrected chi connectivity index (χ0v) is 12.4. The Morgan fingerprint density at radius 2 is 2.15 bits per heavy atom. The minimum absolute atomic E-state index is 0.0452. The number of hydrogen-bond acceptors (Lipinski definition) is 2. The van der Waals surface area contributed by atoms with Crippen LogP contribution >= 0.6 is 0 Å². The summed E-state index contributed by atoms with van der Waals surface area (Å²) in [5, 5.41) is 3.02. The topological polar surface area (TPSA) is 41.6 Å². The molecule has 1 aromatic rings. The van der Waals surface area contributed by atoms with Gasteiger partial charge in [-0.3, -0.25) is 0 Å². The predicted molar refractivity (Wildman–Crippen MR) is 79.4 cm³/mol. The van der Waals surface area contributed by atoms with E-state index in [9.17, 15) is 4.79 Å². The molecule has 2 amide bonds. The number of carbonyl (C=O) groups excluding carboxylic acids is 1. The Labute approximate surface area is 121 Å². The Balaban J connectivity index is 1.89. The van der Waals surface area contributed by atoms with Crippen LogP contribution in [-0.2, 0) is 17.9 Å². The molecule has 1 atom stereocenters. The third-order valence-corrected chi connectivity index (χ3v) is 3.79. The highest BCUT2D eigenvalue weighted by Crippen LogP contribution is 2.15. The van der Waals surface area contributed by atoms with E-state index in [1.807, 2.05) is 29.2 Å². The van der Waals surface area contributed by atoms with Gasteiger partial charge in [-0.2, -0.15) is 0 Å². The minimum Gasteiger partial charge on any atom is -0.380 e. The Morgan fingerprint density at radius 3 is 2.85 bits per heavy atom. The van der Waals surface area contributed by atoms with Crippen molar-refractivity contribution in [2.45, 2.75) is 32.9 Å². The summed E-state index contributed by atoms with van der Waals surface area (Å²) in [6.45, 7) is 5.07. The second kappa shape index (κ2) is 7.29. The molecule has 4 heteroatoms. The van der Waals surface area contributed by atoms with E-state index in [2.05, 4.69) is 12.2 Å². The first kappa shape index (κ1) is 14.9. The molecule has 0 aliphatic carbocycles. The van der Waals surface area contributed by atoms with Crippen LogP contribution in [0.4, 0.5) is 4.79 Å². The Kier molecular flexibility index (Phi) is 5.41. The van der Waals surface area contributed by atoms with Crippen molar-refractivity contribution in [2.24, 2.45) is 5.92 Å². The maximum Gasteiger partial charge on any atom is 0.317 e. The number of carbonyl (C=O) groups is 1. The van der Waals surface area contributed by atoms with Crippen LogP contribution in [0.2, 0.25) is 0 Å². The van der Waals surface area contributed by atoms with Crippen molar-refractivity contribution >= 4 is 6.03 Å². The molecule has 0 unspecified atom stereocenters. The molecule has 110 valence electrons. The molecule has 1 heterocycles. The lowest BCUT2D eigenvalue weighted by molar-refractivity contribution is 0.169. The summed E-state index contributed by atoms with van der Waals surface area (Å²) < 4.78 is 5.18. The van der Waals surface area contributed by atoms with E-state index in [1.165, 1.54) is 6.42 Å². The maximum atomic E-state index is 12.2. The van der Waals surface area contributed by atoms with Gasteiger partial charge in [0.05, 0.1) is 6.61 Å². The van der Waals surface area contributed by atoms with Crippen molar-refractivity contribution in [3.05, 3.63) is 35.4 Å². The van der Waals surface area contributed by atoms with E-state index in [4.69, 9.17) is 4.74 Å². The number of rotatable bonds is 4. The minimum atomic E-state index is 0.0452. The number of methoxy groups -OCH3 is 1. The molecule has 0 saturated carbocycles. The average Bonchev–Trinajstić information content (AvgIpc) is 2.46. The lowest BCUT2D eigenvalue weighted by Gasteiger charge is -2.31. The van der Waals surface area contributed by atoms with Gasteiger partial charge in [-0.15, -0.1) is 0 Å². The molecule has 1 fully saturated rings. The summed E-state index contributed by atoms with van der Waals surface area (Å²) in [5.41, 5.74) is 2.25. The smallest absolute Gasteiger partial charge is 0.317 e. The van der Waals surface area contributed by atoms with Crippen LogP contribution in [-0.4, -0.2) is 31.1 Å². The van der Waals surface area contributed by atoms with Gasteiger partial charge in [0.25, 0.3) is 0 Å². The van der Waals surface area contributed by atoms with Crippen molar-refractivity contribution in [3.8, 4) is 0 Å². The standard InChI is InChI=1S/C16H24N2O2/c1-13-6-5-9-18(11-13)16(19)17-10-14-7-3-4-8-15(14)12-20-2/h3-4,7-8,13H,5-6,9-12H2,1-2H3,(H,17,19)/t13-/m0/s1. The van der Waals surface area contributed by atoms with Gasteiger partial charge in [-0.1, -0.05) is 31.2 Å². The second-order valence-corrected chi connectivity index (χ2v) is 5.55. The van der Waals surface area contributed by atoms with Gasteiger partial charge in [0.15, 0.2) is 0 Å². The van der Waals surface area contributed by atoms with E-state index in [-0.39, 0.29) is 6.03 Å². The van der Waals surface area contributed by atoms with Gasteiger partial charge in [-0.25, -0.2) is 4.79 Å². The molecule has 2 rings (SSSR count). The van der Waals surface area contributed by atoms with E-state index in [0.29, 0.717) is 19.1 Å². The molecule has 1 saturated heterocycles. The molecule has 1 N–H and O–H groups in total. The van der Waals surface area contributed by atoms with Gasteiger partial charge >= 0.3 is 6.03 Å². The molecule has 0 aromatic heterocycles. The first-order chi connectivity index (χ1) is 9.70. The highest BCUT2D eigenvalue weighted by molar-refractivity contribution is 5.74. The summed E-state index contributed by atoms with van der Waals surface area (Å²) >= 11 is 0. The van der Waals surface area contributed by atoms with Gasteiger partial charge in [0, 0.05) is 26.7 Å². The molecule has 1 aliphatic rings. The lowest BCUT2D eigenvalue weighted by atomic mass is 10.0. The van der Waals surface area contributed by atoms with E-state index in [0.717, 1.165) is 30.6 Å². The molecular weight excluding hydrogens is 252 g/mol. The van der Waals surface area contributed by atoms with E-state index < -0.39 is 0 Å². The van der Waals surface area contributed by atoms with Crippen molar-refractivity contribution < 1.29 is 9.53 Å². The molecule has 0 bridgehead atoms. The van der Waals surface area contributed by atoms with Crippen molar-refractivity contribution in [1.29, 1.82) is 0 Å². The molecule has 4 nitrogen and oxygen atoms in total. The number of nitrogens with zero attached hydrogens (tertiary/aromatic N) is 1. The molecule has 0 spiro atoms. The zero-order valence-electron chi connectivity index (χ0n) is 12.4. The Morgan fingerprint density at radius 1 is 1.40 bits per heavy atom. The highest BCUT2D eigenvalue weighted by atomic mass is 16.5. The first-order valence-electron chi connectivity index (χ1n) is 7.29. The quantitative estimate of drug-likeness (QED) is 0.918. The number of ether oxygens (including phenoxy) is 1. The second-order valence-electron chi connectivity index (χ2n) is 5.55. The highest BCUT2D eigenvalue weighted by Gasteiger charge is 2.20. The van der Waals surface area contributed by atoms with Gasteiger partial charge in [-0.05, 0) is 29.9 Å². The normalized spacial score (nSPS) is 18.9. The third-order valence-electron chi connectivity index (χ3n) is 3.79. The summed E-state index contributed by atoms with van der Waals surface area (Å²) in [6.07, 6.45) is 2.33. The van der Waals surface area contributed by atoms with Gasteiger partial charge < -0.3 is 15.0 Å². The van der Waals surface area contributed by atoms with Crippen LogP contribution < -0.4 is 5.32 Å². The zero-order chi connectivity index (χ0) is 14.4. The summed E-state index contributed by atoms with van der Waals surface area (Å²) in [5.74, 6) is 0.607. The number of nitrogens with one attached hydrogen (secondary N) is 1. The lowest BCUT2D eigenvalue weighted by Crippen LogP contribution is -2.44. The van der Waals surface area contributed by atoms with Gasteiger partial charge in [0.1, 0.15) is 0 Å². The first-order valence-corrected chi connectivity index (χ1v) is 7.29. The predicted octanol–water partition coefficient (Wildman–Crippen LogP) is 2.77. The maximum absolute atomic E-state index is 12.2. The van der Waals surface area contributed by atoms with Gasteiger partial charge in [0.2, 0.25) is 0 Å². The molecule has 1 aromatic carbocycles.